The first-order valence-electron chi connectivity index (χ1n) is 7.67. The minimum atomic E-state index is -0.0942. The van der Waals surface area contributed by atoms with Crippen molar-refractivity contribution in [2.75, 3.05) is 17.6 Å². The molecule has 6 heteroatoms. The topological polar surface area (TPSA) is 71.2 Å². The van der Waals surface area contributed by atoms with Crippen LogP contribution in [0.3, 0.4) is 0 Å². The van der Waals surface area contributed by atoms with E-state index in [2.05, 4.69) is 38.0 Å². The van der Waals surface area contributed by atoms with E-state index in [1.54, 1.807) is 0 Å². The van der Waals surface area contributed by atoms with Crippen LogP contribution in [0.15, 0.2) is 0 Å². The number of carbonyl (C=O) groups excluding carboxylic acids is 1. The summed E-state index contributed by atoms with van der Waals surface area (Å²) >= 11 is 1.36. The van der Waals surface area contributed by atoms with Gasteiger partial charge < -0.3 is 16.0 Å². The van der Waals surface area contributed by atoms with Gasteiger partial charge in [-0.25, -0.2) is 4.98 Å². The highest BCUT2D eigenvalue weighted by Crippen LogP contribution is 2.33. The summed E-state index contributed by atoms with van der Waals surface area (Å²) in [6, 6.07) is 0.407. The summed E-state index contributed by atoms with van der Waals surface area (Å²) in [6.07, 6.45) is 4.35. The summed E-state index contributed by atoms with van der Waals surface area (Å²) < 4.78 is 0. The number of nitrogens with zero attached hydrogens (tertiary/aromatic N) is 2. The second kappa shape index (κ2) is 6.22. The largest absolute Gasteiger partial charge is 0.382 e. The van der Waals surface area contributed by atoms with Gasteiger partial charge in [-0.3, -0.25) is 4.79 Å². The summed E-state index contributed by atoms with van der Waals surface area (Å²) in [6.45, 7) is 9.14. The van der Waals surface area contributed by atoms with Crippen LogP contribution in [0.1, 0.15) is 63.0 Å². The Morgan fingerprint density at radius 1 is 1.48 bits per heavy atom. The van der Waals surface area contributed by atoms with Crippen LogP contribution in [0, 0.1) is 0 Å². The highest BCUT2D eigenvalue weighted by atomic mass is 32.1. The second-order valence-corrected chi connectivity index (χ2v) is 7.69. The van der Waals surface area contributed by atoms with Gasteiger partial charge in [-0.1, -0.05) is 24.7 Å². The summed E-state index contributed by atoms with van der Waals surface area (Å²) in [5.74, 6) is 0.391. The molecule has 0 spiro atoms. The molecule has 118 valence electrons. The minimum absolute atomic E-state index is 0.0444. The maximum Gasteiger partial charge on any atom is 0.268 e. The number of nitrogen functional groups attached to an aromatic ring is 1. The number of carbonyl (C=O) groups is 1. The van der Waals surface area contributed by atoms with Crippen LogP contribution >= 0.6 is 11.3 Å². The number of thiazole rings is 1. The molecular weight excluding hydrogens is 284 g/mol. The van der Waals surface area contributed by atoms with Crippen molar-refractivity contribution in [2.45, 2.75) is 65.0 Å². The average Bonchev–Trinajstić information content (AvgIpc) is 3.12. The van der Waals surface area contributed by atoms with Crippen LogP contribution in [0.25, 0.3) is 0 Å². The Balaban J connectivity index is 2.13. The van der Waals surface area contributed by atoms with Crippen molar-refractivity contribution >= 4 is 28.2 Å². The first-order valence-corrected chi connectivity index (χ1v) is 8.49. The Hall–Kier alpha value is -1.30. The molecule has 3 N–H and O–H groups in total. The van der Waals surface area contributed by atoms with Crippen molar-refractivity contribution in [2.24, 2.45) is 0 Å². The maximum absolute atomic E-state index is 12.7. The van der Waals surface area contributed by atoms with Crippen LogP contribution in [0.5, 0.6) is 0 Å². The molecule has 1 fully saturated rings. The molecule has 0 saturated heterocycles. The highest BCUT2D eigenvalue weighted by molar-refractivity contribution is 7.18. The van der Waals surface area contributed by atoms with E-state index in [0.717, 1.165) is 37.4 Å². The fourth-order valence-electron chi connectivity index (χ4n) is 2.15. The SMILES string of the molecule is CCCCN(C(=O)c1sc(NC(C)(C)C)nc1N)C1CC1. The van der Waals surface area contributed by atoms with Crippen molar-refractivity contribution in [3.8, 4) is 0 Å². The number of amides is 1. The van der Waals surface area contributed by atoms with Crippen LogP contribution < -0.4 is 11.1 Å². The zero-order valence-electron chi connectivity index (χ0n) is 13.4. The zero-order chi connectivity index (χ0) is 15.6. The van der Waals surface area contributed by atoms with Crippen molar-refractivity contribution in [1.29, 1.82) is 0 Å². The first-order chi connectivity index (χ1) is 9.81. The van der Waals surface area contributed by atoms with E-state index in [0.29, 0.717) is 16.7 Å². The summed E-state index contributed by atoms with van der Waals surface area (Å²) in [5, 5.41) is 4.00. The normalized spacial score (nSPS) is 15.0. The van der Waals surface area contributed by atoms with E-state index >= 15 is 0 Å². The number of anilines is 2. The van der Waals surface area contributed by atoms with Crippen molar-refractivity contribution in [3.05, 3.63) is 4.88 Å². The van der Waals surface area contributed by atoms with Gasteiger partial charge >= 0.3 is 0 Å². The molecule has 1 amide bonds. The fraction of sp³-hybridized carbons (Fsp3) is 0.733. The number of rotatable bonds is 6. The van der Waals surface area contributed by atoms with Gasteiger partial charge in [0, 0.05) is 18.1 Å². The number of unbranched alkanes of at least 4 members (excludes halogenated alkanes) is 1. The third kappa shape index (κ3) is 4.33. The molecule has 1 aliphatic carbocycles. The van der Waals surface area contributed by atoms with Crippen molar-refractivity contribution < 1.29 is 4.79 Å². The number of nitrogens with two attached hydrogens (primary N) is 1. The Bertz CT molecular complexity index is 502. The molecule has 1 saturated carbocycles. The molecule has 1 aliphatic rings. The minimum Gasteiger partial charge on any atom is -0.382 e. The molecule has 1 aromatic heterocycles. The molecule has 0 bridgehead atoms. The predicted octanol–water partition coefficient (Wildman–Crippen LogP) is 3.34. The average molecular weight is 310 g/mol. The summed E-state index contributed by atoms with van der Waals surface area (Å²) in [5.41, 5.74) is 5.87. The lowest BCUT2D eigenvalue weighted by Crippen LogP contribution is -2.33. The smallest absolute Gasteiger partial charge is 0.268 e. The van der Waals surface area contributed by atoms with Gasteiger partial charge in [0.05, 0.1) is 0 Å². The van der Waals surface area contributed by atoms with E-state index < -0.39 is 0 Å². The Labute approximate surface area is 130 Å². The lowest BCUT2D eigenvalue weighted by molar-refractivity contribution is 0.0746. The molecule has 0 unspecified atom stereocenters. The molecule has 1 heterocycles. The Kier molecular flexibility index (Phi) is 4.76. The molecular formula is C15H26N4OS. The molecule has 21 heavy (non-hydrogen) atoms. The van der Waals surface area contributed by atoms with Gasteiger partial charge in [0.25, 0.3) is 5.91 Å². The quantitative estimate of drug-likeness (QED) is 0.845. The third-order valence-corrected chi connectivity index (χ3v) is 4.31. The van der Waals surface area contributed by atoms with Crippen molar-refractivity contribution in [3.63, 3.8) is 0 Å². The fourth-order valence-corrected chi connectivity index (χ4v) is 3.20. The van der Waals surface area contributed by atoms with Gasteiger partial charge in [-0.05, 0) is 40.0 Å². The number of aromatic nitrogens is 1. The first kappa shape index (κ1) is 16.1. The van der Waals surface area contributed by atoms with Crippen LogP contribution in [0.4, 0.5) is 10.9 Å². The standard InChI is InChI=1S/C15H26N4OS/c1-5-6-9-19(10-7-8-10)13(20)11-12(16)17-14(21-11)18-15(2,3)4/h10H,5-9,16H2,1-4H3,(H,17,18). The zero-order valence-corrected chi connectivity index (χ0v) is 14.2. The van der Waals surface area contributed by atoms with E-state index in [1.807, 2.05) is 4.90 Å². The summed E-state index contributed by atoms with van der Waals surface area (Å²) in [7, 11) is 0. The van der Waals surface area contributed by atoms with E-state index in [-0.39, 0.29) is 11.4 Å². The van der Waals surface area contributed by atoms with Gasteiger partial charge in [0.15, 0.2) is 5.13 Å². The lowest BCUT2D eigenvalue weighted by Gasteiger charge is -2.21. The van der Waals surface area contributed by atoms with Gasteiger partial charge in [-0.15, -0.1) is 0 Å². The molecule has 1 aromatic rings. The lowest BCUT2D eigenvalue weighted by atomic mass is 10.1. The summed E-state index contributed by atoms with van der Waals surface area (Å²) in [4.78, 5) is 19.6. The predicted molar refractivity (Wildman–Crippen MR) is 88.9 cm³/mol. The van der Waals surface area contributed by atoms with Crippen molar-refractivity contribution in [1.82, 2.24) is 9.88 Å². The molecule has 2 rings (SSSR count). The van der Waals surface area contributed by atoms with E-state index in [9.17, 15) is 4.79 Å². The third-order valence-electron chi connectivity index (χ3n) is 3.33. The second-order valence-electron chi connectivity index (χ2n) is 6.69. The molecule has 0 aromatic carbocycles. The van der Waals surface area contributed by atoms with Crippen LogP contribution in [-0.4, -0.2) is 33.9 Å². The van der Waals surface area contributed by atoms with Gasteiger partial charge in [-0.2, -0.15) is 0 Å². The van der Waals surface area contributed by atoms with Gasteiger partial charge in [0.1, 0.15) is 10.7 Å². The molecule has 0 aliphatic heterocycles. The highest BCUT2D eigenvalue weighted by Gasteiger charge is 2.34. The Morgan fingerprint density at radius 3 is 2.67 bits per heavy atom. The number of nitrogens with one attached hydrogen (secondary N) is 1. The molecule has 0 atom stereocenters. The van der Waals surface area contributed by atoms with Crippen LogP contribution in [0.2, 0.25) is 0 Å². The van der Waals surface area contributed by atoms with Crippen LogP contribution in [-0.2, 0) is 0 Å². The number of hydrogen-bond acceptors (Lipinski definition) is 5. The Morgan fingerprint density at radius 2 is 2.14 bits per heavy atom. The van der Waals surface area contributed by atoms with Gasteiger partial charge in [0.2, 0.25) is 0 Å². The molecule has 5 nitrogen and oxygen atoms in total. The van der Waals surface area contributed by atoms with E-state index in [1.165, 1.54) is 11.3 Å². The molecule has 0 radical (unpaired) electrons. The number of hydrogen-bond donors (Lipinski definition) is 2. The maximum atomic E-state index is 12.7. The van der Waals surface area contributed by atoms with E-state index in [4.69, 9.17) is 5.73 Å². The monoisotopic (exact) mass is 310 g/mol.